The van der Waals surface area contributed by atoms with Crippen LogP contribution in [0.4, 0.5) is 0 Å². The van der Waals surface area contributed by atoms with Crippen LogP contribution in [0.15, 0.2) is 21.7 Å². The van der Waals surface area contributed by atoms with Gasteiger partial charge in [-0.15, -0.1) is 0 Å². The zero-order valence-electron chi connectivity index (χ0n) is 12.7. The van der Waals surface area contributed by atoms with E-state index in [1.165, 1.54) is 34.9 Å². The largest absolute Gasteiger partial charge is 0.392 e. The highest BCUT2D eigenvalue weighted by Gasteiger charge is 2.46. The van der Waals surface area contributed by atoms with Crippen LogP contribution in [0.1, 0.15) is 70.6 Å². The maximum Gasteiger partial charge on any atom is 0.155 e. The average molecular weight is 353 g/mol. The van der Waals surface area contributed by atoms with E-state index in [4.69, 9.17) is 0 Å². The first kappa shape index (κ1) is 15.5. The van der Waals surface area contributed by atoms with Gasteiger partial charge < -0.3 is 5.11 Å². The quantitative estimate of drug-likeness (QED) is 0.774. The van der Waals surface area contributed by atoms with Crippen molar-refractivity contribution in [1.29, 1.82) is 0 Å². The topological polar surface area (TPSA) is 37.3 Å². The van der Waals surface area contributed by atoms with E-state index in [-0.39, 0.29) is 17.3 Å². The number of halogens is 1. The standard InChI is InChI=1S/C18H25BrO2/c19-16-7-3-1-2-5-13(16)12-18-10-9-15(20)11-14(18)6-4-8-17(18)21/h11,17,21H,1-10,12H2/t17-,18+/m1/s1. The molecule has 1 fully saturated rings. The Morgan fingerprint density at radius 1 is 1.14 bits per heavy atom. The third-order valence-electron chi connectivity index (χ3n) is 5.64. The molecule has 2 atom stereocenters. The molecule has 1 saturated carbocycles. The summed E-state index contributed by atoms with van der Waals surface area (Å²) in [5, 5.41) is 10.7. The van der Waals surface area contributed by atoms with E-state index in [1.807, 2.05) is 6.08 Å². The molecule has 3 aliphatic rings. The lowest BCUT2D eigenvalue weighted by Gasteiger charge is -2.46. The van der Waals surface area contributed by atoms with Crippen LogP contribution in [-0.4, -0.2) is 17.0 Å². The lowest BCUT2D eigenvalue weighted by molar-refractivity contribution is -0.116. The Bertz CT molecular complexity index is 491. The summed E-state index contributed by atoms with van der Waals surface area (Å²) >= 11 is 3.79. The predicted molar refractivity (Wildman–Crippen MR) is 88.3 cm³/mol. The van der Waals surface area contributed by atoms with Crippen LogP contribution >= 0.6 is 15.9 Å². The Morgan fingerprint density at radius 2 is 1.95 bits per heavy atom. The number of aliphatic hydroxyl groups is 1. The van der Waals surface area contributed by atoms with Gasteiger partial charge in [0.2, 0.25) is 0 Å². The van der Waals surface area contributed by atoms with Crippen molar-refractivity contribution >= 4 is 21.7 Å². The van der Waals surface area contributed by atoms with Gasteiger partial charge in [-0.2, -0.15) is 0 Å². The van der Waals surface area contributed by atoms with Crippen molar-refractivity contribution in [2.75, 3.05) is 0 Å². The van der Waals surface area contributed by atoms with Gasteiger partial charge in [-0.05, 0) is 68.3 Å². The number of rotatable bonds is 2. The molecule has 2 nitrogen and oxygen atoms in total. The van der Waals surface area contributed by atoms with E-state index in [0.29, 0.717) is 6.42 Å². The molecule has 3 aliphatic carbocycles. The van der Waals surface area contributed by atoms with Crippen LogP contribution in [0, 0.1) is 5.41 Å². The van der Waals surface area contributed by atoms with Crippen LogP contribution in [0.5, 0.6) is 0 Å². The van der Waals surface area contributed by atoms with Crippen molar-refractivity contribution in [3.05, 3.63) is 21.7 Å². The molecule has 21 heavy (non-hydrogen) atoms. The molecule has 0 radical (unpaired) electrons. The number of carbonyl (C=O) groups is 1. The lowest BCUT2D eigenvalue weighted by Crippen LogP contribution is -2.43. The molecule has 0 bridgehead atoms. The summed E-state index contributed by atoms with van der Waals surface area (Å²) in [6, 6.07) is 0. The second-order valence-corrected chi connectivity index (χ2v) is 7.90. The zero-order chi connectivity index (χ0) is 14.9. The number of allylic oxidation sites excluding steroid dienone is 3. The zero-order valence-corrected chi connectivity index (χ0v) is 14.3. The number of hydrogen-bond donors (Lipinski definition) is 1. The summed E-state index contributed by atoms with van der Waals surface area (Å²) in [7, 11) is 0. The minimum atomic E-state index is -0.276. The van der Waals surface area contributed by atoms with E-state index in [1.54, 1.807) is 0 Å². The summed E-state index contributed by atoms with van der Waals surface area (Å²) in [6.45, 7) is 0. The van der Waals surface area contributed by atoms with Gasteiger partial charge in [-0.1, -0.05) is 33.5 Å². The molecule has 116 valence electrons. The Morgan fingerprint density at radius 3 is 2.81 bits per heavy atom. The third-order valence-corrected chi connectivity index (χ3v) is 6.60. The second kappa shape index (κ2) is 6.37. The summed E-state index contributed by atoms with van der Waals surface area (Å²) in [6.07, 6.45) is 13.0. The van der Waals surface area contributed by atoms with E-state index in [9.17, 15) is 9.90 Å². The molecule has 0 spiro atoms. The van der Waals surface area contributed by atoms with Crippen molar-refractivity contribution in [1.82, 2.24) is 0 Å². The van der Waals surface area contributed by atoms with Gasteiger partial charge in [0.05, 0.1) is 6.10 Å². The third kappa shape index (κ3) is 3.05. The first-order valence-corrected chi connectivity index (χ1v) is 9.19. The van der Waals surface area contributed by atoms with E-state index >= 15 is 0 Å². The SMILES string of the molecule is O=C1C=C2CCC[C@@H](O)[C@]2(CC2=C(Br)CCCCC2)CC1. The Hall–Kier alpha value is -0.410. The Labute approximate surface area is 135 Å². The second-order valence-electron chi connectivity index (χ2n) is 6.95. The maximum absolute atomic E-state index is 11.8. The molecule has 0 heterocycles. The van der Waals surface area contributed by atoms with Crippen molar-refractivity contribution < 1.29 is 9.90 Å². The molecule has 0 aromatic rings. The minimum absolute atomic E-state index is 0.148. The number of fused-ring (bicyclic) bond motifs is 1. The number of carbonyl (C=O) groups excluding carboxylic acids is 1. The summed E-state index contributed by atoms with van der Waals surface area (Å²) in [5.41, 5.74) is 2.58. The molecule has 0 aliphatic heterocycles. The molecule has 0 aromatic carbocycles. The molecule has 0 saturated heterocycles. The Kier molecular flexibility index (Phi) is 4.70. The van der Waals surface area contributed by atoms with Gasteiger partial charge in [0.1, 0.15) is 0 Å². The van der Waals surface area contributed by atoms with Gasteiger partial charge in [0.15, 0.2) is 5.78 Å². The smallest absolute Gasteiger partial charge is 0.155 e. The van der Waals surface area contributed by atoms with Gasteiger partial charge in [-0.3, -0.25) is 4.79 Å². The first-order chi connectivity index (χ1) is 10.1. The average Bonchev–Trinajstić information content (AvgIpc) is 2.66. The summed E-state index contributed by atoms with van der Waals surface area (Å²) < 4.78 is 1.36. The highest BCUT2D eigenvalue weighted by atomic mass is 79.9. The van der Waals surface area contributed by atoms with Gasteiger partial charge in [0.25, 0.3) is 0 Å². The monoisotopic (exact) mass is 352 g/mol. The fraction of sp³-hybridized carbons (Fsp3) is 0.722. The predicted octanol–water partition coefficient (Wildman–Crippen LogP) is 4.81. The van der Waals surface area contributed by atoms with Crippen LogP contribution in [0.2, 0.25) is 0 Å². The summed E-state index contributed by atoms with van der Waals surface area (Å²) in [4.78, 5) is 11.8. The molecule has 1 N–H and O–H groups in total. The molecule has 3 rings (SSSR count). The number of aliphatic hydroxyl groups excluding tert-OH is 1. The van der Waals surface area contributed by atoms with E-state index in [2.05, 4.69) is 15.9 Å². The summed E-state index contributed by atoms with van der Waals surface area (Å²) in [5.74, 6) is 0.253. The van der Waals surface area contributed by atoms with Crippen LogP contribution < -0.4 is 0 Å². The van der Waals surface area contributed by atoms with Crippen LogP contribution in [0.25, 0.3) is 0 Å². The number of ketones is 1. The molecule has 0 unspecified atom stereocenters. The fourth-order valence-electron chi connectivity index (χ4n) is 4.37. The minimum Gasteiger partial charge on any atom is -0.392 e. The fourth-order valence-corrected chi connectivity index (χ4v) is 4.99. The van der Waals surface area contributed by atoms with Crippen molar-refractivity contribution in [3.8, 4) is 0 Å². The van der Waals surface area contributed by atoms with Gasteiger partial charge in [0, 0.05) is 11.8 Å². The van der Waals surface area contributed by atoms with E-state index in [0.717, 1.165) is 44.9 Å². The lowest BCUT2D eigenvalue weighted by atomic mass is 9.60. The maximum atomic E-state index is 11.8. The normalized spacial score (nSPS) is 34.3. The van der Waals surface area contributed by atoms with Crippen LogP contribution in [-0.2, 0) is 4.79 Å². The van der Waals surface area contributed by atoms with Crippen LogP contribution in [0.3, 0.4) is 0 Å². The molecular weight excluding hydrogens is 328 g/mol. The Balaban J connectivity index is 1.92. The van der Waals surface area contributed by atoms with Crippen molar-refractivity contribution in [2.24, 2.45) is 5.41 Å². The highest BCUT2D eigenvalue weighted by Crippen LogP contribution is 2.52. The molecule has 0 amide bonds. The van der Waals surface area contributed by atoms with Gasteiger partial charge >= 0.3 is 0 Å². The first-order valence-electron chi connectivity index (χ1n) is 8.40. The van der Waals surface area contributed by atoms with Crippen molar-refractivity contribution in [2.45, 2.75) is 76.7 Å². The van der Waals surface area contributed by atoms with Gasteiger partial charge in [-0.25, -0.2) is 0 Å². The highest BCUT2D eigenvalue weighted by molar-refractivity contribution is 9.11. The number of hydrogen-bond acceptors (Lipinski definition) is 2. The molecule has 3 heteroatoms. The van der Waals surface area contributed by atoms with Crippen molar-refractivity contribution in [3.63, 3.8) is 0 Å². The van der Waals surface area contributed by atoms with E-state index < -0.39 is 0 Å². The molecular formula is C18H25BrO2. The molecule has 0 aromatic heterocycles.